The van der Waals surface area contributed by atoms with Gasteiger partial charge in [-0.25, -0.2) is 0 Å². The molecular formula is C27H33NO. The lowest BCUT2D eigenvalue weighted by Crippen LogP contribution is -1.96. The van der Waals surface area contributed by atoms with Gasteiger partial charge in [0, 0.05) is 11.9 Å². The molecule has 152 valence electrons. The van der Waals surface area contributed by atoms with Gasteiger partial charge in [-0.1, -0.05) is 69.2 Å². The summed E-state index contributed by atoms with van der Waals surface area (Å²) in [6.07, 6.45) is 9.90. The van der Waals surface area contributed by atoms with E-state index in [1.54, 1.807) is 0 Å². The molecule has 2 heteroatoms. The molecule has 0 aliphatic rings. The first-order valence-corrected chi connectivity index (χ1v) is 11.0. The predicted octanol–water partition coefficient (Wildman–Crippen LogP) is 7.06. The molecule has 0 aliphatic carbocycles. The molecule has 0 saturated heterocycles. The molecule has 3 aromatic rings. The van der Waals surface area contributed by atoms with Crippen molar-refractivity contribution in [3.8, 4) is 16.9 Å². The third kappa shape index (κ3) is 6.74. The molecule has 0 fully saturated rings. The Labute approximate surface area is 176 Å². The van der Waals surface area contributed by atoms with Crippen molar-refractivity contribution in [3.05, 3.63) is 83.7 Å². The molecule has 0 spiro atoms. The average molecular weight is 388 g/mol. The fourth-order valence-electron chi connectivity index (χ4n) is 3.34. The molecule has 0 aliphatic heterocycles. The standard InChI is InChI=1S/C27H33NO/c1-3-5-7-26-17-12-23(21-28-26)9-8-22-10-13-24(14-11-22)25-15-18-27(19-16-25)29-20-6-4-2/h10-19,21H,3-9,20H2,1-2H3. The molecule has 1 heterocycles. The van der Waals surface area contributed by atoms with Crippen LogP contribution in [0.3, 0.4) is 0 Å². The van der Waals surface area contributed by atoms with Crippen LogP contribution in [0.5, 0.6) is 5.75 Å². The number of nitrogens with zero attached hydrogens (tertiary/aromatic N) is 1. The molecule has 0 saturated carbocycles. The van der Waals surface area contributed by atoms with Gasteiger partial charge in [-0.2, -0.15) is 0 Å². The normalized spacial score (nSPS) is 10.8. The summed E-state index contributed by atoms with van der Waals surface area (Å²) >= 11 is 0. The lowest BCUT2D eigenvalue weighted by molar-refractivity contribution is 0.309. The van der Waals surface area contributed by atoms with E-state index in [0.29, 0.717) is 0 Å². The minimum atomic E-state index is 0.793. The molecule has 2 nitrogen and oxygen atoms in total. The molecular weight excluding hydrogens is 354 g/mol. The van der Waals surface area contributed by atoms with Crippen molar-refractivity contribution in [2.75, 3.05) is 6.61 Å². The Balaban J connectivity index is 1.52. The van der Waals surface area contributed by atoms with Gasteiger partial charge in [-0.15, -0.1) is 0 Å². The molecule has 0 radical (unpaired) electrons. The maximum absolute atomic E-state index is 5.75. The van der Waals surface area contributed by atoms with Gasteiger partial charge in [0.15, 0.2) is 0 Å². The van der Waals surface area contributed by atoms with Crippen LogP contribution in [0.2, 0.25) is 0 Å². The average Bonchev–Trinajstić information content (AvgIpc) is 2.78. The summed E-state index contributed by atoms with van der Waals surface area (Å²) in [4.78, 5) is 4.60. The quantitative estimate of drug-likeness (QED) is 0.329. The Bertz CT molecular complexity index is 835. The maximum Gasteiger partial charge on any atom is 0.119 e. The van der Waals surface area contributed by atoms with Crippen molar-refractivity contribution in [2.24, 2.45) is 0 Å². The second-order valence-electron chi connectivity index (χ2n) is 7.68. The van der Waals surface area contributed by atoms with Gasteiger partial charge < -0.3 is 4.74 Å². The van der Waals surface area contributed by atoms with Gasteiger partial charge in [0.25, 0.3) is 0 Å². The van der Waals surface area contributed by atoms with E-state index in [1.165, 1.54) is 40.8 Å². The Hall–Kier alpha value is -2.61. The Morgan fingerprint density at radius 3 is 1.90 bits per heavy atom. The van der Waals surface area contributed by atoms with Crippen molar-refractivity contribution < 1.29 is 4.74 Å². The molecule has 0 bridgehead atoms. The zero-order valence-corrected chi connectivity index (χ0v) is 17.9. The van der Waals surface area contributed by atoms with E-state index in [4.69, 9.17) is 4.74 Å². The highest BCUT2D eigenvalue weighted by Crippen LogP contribution is 2.23. The van der Waals surface area contributed by atoms with Crippen LogP contribution in [-0.2, 0) is 19.3 Å². The summed E-state index contributed by atoms with van der Waals surface area (Å²) < 4.78 is 5.75. The largest absolute Gasteiger partial charge is 0.494 e. The number of unbranched alkanes of at least 4 members (excludes halogenated alkanes) is 2. The molecule has 0 amide bonds. The zero-order chi connectivity index (χ0) is 20.3. The number of rotatable bonds is 11. The summed E-state index contributed by atoms with van der Waals surface area (Å²) in [5.74, 6) is 0.952. The van der Waals surface area contributed by atoms with E-state index < -0.39 is 0 Å². The second kappa shape index (κ2) is 11.4. The third-order valence-electron chi connectivity index (χ3n) is 5.28. The number of benzene rings is 2. The summed E-state index contributed by atoms with van der Waals surface area (Å²) in [7, 11) is 0. The summed E-state index contributed by atoms with van der Waals surface area (Å²) in [5.41, 5.74) is 6.36. The molecule has 29 heavy (non-hydrogen) atoms. The topological polar surface area (TPSA) is 22.1 Å². The van der Waals surface area contributed by atoms with Crippen LogP contribution in [0.15, 0.2) is 66.9 Å². The predicted molar refractivity (Wildman–Crippen MR) is 123 cm³/mol. The van der Waals surface area contributed by atoms with Crippen molar-refractivity contribution in [1.29, 1.82) is 0 Å². The van der Waals surface area contributed by atoms with Crippen molar-refractivity contribution in [3.63, 3.8) is 0 Å². The first-order chi connectivity index (χ1) is 14.3. The van der Waals surface area contributed by atoms with Gasteiger partial charge in [-0.3, -0.25) is 4.98 Å². The number of aryl methyl sites for hydroxylation is 3. The zero-order valence-electron chi connectivity index (χ0n) is 17.9. The SMILES string of the molecule is CCCCOc1ccc(-c2ccc(CCc3ccc(CCCC)nc3)cc2)cc1. The van der Waals surface area contributed by atoms with Crippen molar-refractivity contribution in [2.45, 2.75) is 58.8 Å². The minimum Gasteiger partial charge on any atom is -0.494 e. The van der Waals surface area contributed by atoms with E-state index in [-0.39, 0.29) is 0 Å². The first kappa shape index (κ1) is 21.1. The highest BCUT2D eigenvalue weighted by atomic mass is 16.5. The van der Waals surface area contributed by atoms with Gasteiger partial charge in [0.05, 0.1) is 6.61 Å². The number of hydrogen-bond acceptors (Lipinski definition) is 2. The summed E-state index contributed by atoms with van der Waals surface area (Å²) in [5, 5.41) is 0. The van der Waals surface area contributed by atoms with Gasteiger partial charge in [0.1, 0.15) is 5.75 Å². The smallest absolute Gasteiger partial charge is 0.119 e. The number of pyridine rings is 1. The third-order valence-corrected chi connectivity index (χ3v) is 5.28. The van der Waals surface area contributed by atoms with Crippen molar-refractivity contribution >= 4 is 0 Å². The number of aromatic nitrogens is 1. The van der Waals surface area contributed by atoms with E-state index in [2.05, 4.69) is 79.5 Å². The van der Waals surface area contributed by atoms with E-state index >= 15 is 0 Å². The Morgan fingerprint density at radius 1 is 0.655 bits per heavy atom. The number of hydrogen-bond donors (Lipinski definition) is 0. The Morgan fingerprint density at radius 2 is 1.28 bits per heavy atom. The van der Waals surface area contributed by atoms with E-state index in [9.17, 15) is 0 Å². The van der Waals surface area contributed by atoms with Crippen LogP contribution in [0, 0.1) is 0 Å². The first-order valence-electron chi connectivity index (χ1n) is 11.0. The van der Waals surface area contributed by atoms with Crippen LogP contribution in [0.25, 0.3) is 11.1 Å². The van der Waals surface area contributed by atoms with E-state index in [0.717, 1.165) is 44.5 Å². The van der Waals surface area contributed by atoms with Gasteiger partial charge >= 0.3 is 0 Å². The fraction of sp³-hybridized carbons (Fsp3) is 0.370. The fourth-order valence-corrected chi connectivity index (χ4v) is 3.34. The molecule has 1 aromatic heterocycles. The van der Waals surface area contributed by atoms with Gasteiger partial charge in [-0.05, 0) is 72.6 Å². The van der Waals surface area contributed by atoms with Crippen LogP contribution < -0.4 is 4.74 Å². The summed E-state index contributed by atoms with van der Waals surface area (Å²) in [6.45, 7) is 5.19. The molecule has 2 aromatic carbocycles. The van der Waals surface area contributed by atoms with Crippen LogP contribution in [0.4, 0.5) is 0 Å². The van der Waals surface area contributed by atoms with Crippen molar-refractivity contribution in [1.82, 2.24) is 4.98 Å². The van der Waals surface area contributed by atoms with Crippen LogP contribution >= 0.6 is 0 Å². The second-order valence-corrected chi connectivity index (χ2v) is 7.68. The lowest BCUT2D eigenvalue weighted by Gasteiger charge is -2.08. The minimum absolute atomic E-state index is 0.793. The number of ether oxygens (including phenoxy) is 1. The molecule has 0 N–H and O–H groups in total. The van der Waals surface area contributed by atoms with Gasteiger partial charge in [0.2, 0.25) is 0 Å². The maximum atomic E-state index is 5.75. The summed E-state index contributed by atoms with van der Waals surface area (Å²) in [6, 6.07) is 21.7. The highest BCUT2D eigenvalue weighted by molar-refractivity contribution is 5.64. The van der Waals surface area contributed by atoms with Crippen LogP contribution in [0.1, 0.15) is 56.4 Å². The molecule has 3 rings (SSSR count). The highest BCUT2D eigenvalue weighted by Gasteiger charge is 2.02. The molecule has 0 unspecified atom stereocenters. The van der Waals surface area contributed by atoms with Crippen LogP contribution in [-0.4, -0.2) is 11.6 Å². The molecule has 0 atom stereocenters. The van der Waals surface area contributed by atoms with E-state index in [1.807, 2.05) is 6.20 Å². The Kier molecular flexibility index (Phi) is 8.30. The monoisotopic (exact) mass is 387 g/mol. The lowest BCUT2D eigenvalue weighted by atomic mass is 10.0.